The van der Waals surface area contributed by atoms with Gasteiger partial charge in [-0.2, -0.15) is 9.78 Å². The highest BCUT2D eigenvalue weighted by Crippen LogP contribution is 2.44. The Morgan fingerprint density at radius 3 is 2.42 bits per heavy atom. The van der Waals surface area contributed by atoms with Gasteiger partial charge in [-0.05, 0) is 30.7 Å². The van der Waals surface area contributed by atoms with Crippen LogP contribution in [0.1, 0.15) is 29.7 Å². The molecule has 0 saturated heterocycles. The molecule has 0 fully saturated rings. The van der Waals surface area contributed by atoms with Crippen LogP contribution in [0.4, 0.5) is 5.82 Å². The summed E-state index contributed by atoms with van der Waals surface area (Å²) in [6.45, 7) is 1.91. The van der Waals surface area contributed by atoms with Crippen LogP contribution in [0.2, 0.25) is 0 Å². The second-order valence-corrected chi connectivity index (χ2v) is 8.32. The Morgan fingerprint density at radius 1 is 1.03 bits per heavy atom. The maximum Gasteiger partial charge on any atom is 0.252 e. The fourth-order valence-electron chi connectivity index (χ4n) is 4.34. The number of amides is 1. The Balaban J connectivity index is 1.45. The quantitative estimate of drug-likeness (QED) is 0.379. The van der Waals surface area contributed by atoms with E-state index in [1.807, 2.05) is 55.5 Å². The molecule has 2 aromatic carbocycles. The largest absolute Gasteiger partial charge is 0.463 e. The minimum absolute atomic E-state index is 0.195. The zero-order valence-corrected chi connectivity index (χ0v) is 19.3. The number of aromatic nitrogens is 4. The summed E-state index contributed by atoms with van der Waals surface area (Å²) in [6, 6.07) is 21.6. The van der Waals surface area contributed by atoms with Gasteiger partial charge in [0.2, 0.25) is 11.9 Å². The fourth-order valence-corrected chi connectivity index (χ4v) is 4.34. The number of benzene rings is 2. The summed E-state index contributed by atoms with van der Waals surface area (Å²) in [6.07, 6.45) is 2.11. The number of ether oxygens (including phenoxy) is 1. The van der Waals surface area contributed by atoms with Gasteiger partial charge < -0.3 is 14.5 Å². The summed E-state index contributed by atoms with van der Waals surface area (Å²) < 4.78 is 13.0. The monoisotopic (exact) mass is 479 g/mol. The van der Waals surface area contributed by atoms with Gasteiger partial charge in [0.05, 0.1) is 12.2 Å². The first-order valence-corrected chi connectivity index (χ1v) is 11.5. The standard InChI is InChI=1S/C27H21N5O4/c1-2-16-14-24(33)30-27(28-16)32-23(15-19(31-32)22-12-7-13-35-22)29-26(34)25-17-8-3-5-10-20(17)36-21-11-6-4-9-18(21)25/h3-15,25H,2H2,1H3,(H,29,34)(H,28,30,33). The lowest BCUT2D eigenvalue weighted by Crippen LogP contribution is -2.26. The first-order valence-electron chi connectivity index (χ1n) is 11.5. The van der Waals surface area contributed by atoms with Crippen molar-refractivity contribution in [2.24, 2.45) is 0 Å². The Hall–Kier alpha value is -4.92. The number of rotatable bonds is 5. The van der Waals surface area contributed by atoms with E-state index in [2.05, 4.69) is 20.4 Å². The lowest BCUT2D eigenvalue weighted by atomic mass is 9.87. The maximum absolute atomic E-state index is 13.8. The molecule has 1 amide bonds. The van der Waals surface area contributed by atoms with Gasteiger partial charge in [-0.1, -0.05) is 43.3 Å². The predicted octanol–water partition coefficient (Wildman–Crippen LogP) is 4.65. The van der Waals surface area contributed by atoms with Gasteiger partial charge in [-0.25, -0.2) is 4.98 Å². The topological polar surface area (TPSA) is 115 Å². The molecule has 2 N–H and O–H groups in total. The molecule has 0 radical (unpaired) electrons. The number of carbonyl (C=O) groups is 1. The van der Waals surface area contributed by atoms with Gasteiger partial charge >= 0.3 is 0 Å². The summed E-state index contributed by atoms with van der Waals surface area (Å²) in [4.78, 5) is 33.3. The maximum atomic E-state index is 13.8. The molecule has 36 heavy (non-hydrogen) atoms. The number of carbonyl (C=O) groups excluding carboxylic acids is 1. The summed E-state index contributed by atoms with van der Waals surface area (Å²) in [5, 5.41) is 7.58. The van der Waals surface area contributed by atoms with E-state index in [0.29, 0.717) is 40.9 Å². The van der Waals surface area contributed by atoms with Crippen molar-refractivity contribution >= 4 is 11.7 Å². The number of para-hydroxylation sites is 2. The van der Waals surface area contributed by atoms with E-state index in [1.165, 1.54) is 10.7 Å². The van der Waals surface area contributed by atoms with Crippen LogP contribution in [0.25, 0.3) is 17.4 Å². The molecule has 0 bridgehead atoms. The first-order chi connectivity index (χ1) is 17.6. The third kappa shape index (κ3) is 3.76. The fraction of sp³-hybridized carbons (Fsp3) is 0.111. The number of hydrogen-bond donors (Lipinski definition) is 2. The van der Waals surface area contributed by atoms with Crippen molar-refractivity contribution in [2.45, 2.75) is 19.3 Å². The molecule has 0 saturated carbocycles. The molecule has 5 aromatic rings. The van der Waals surface area contributed by atoms with Gasteiger partial charge in [0.15, 0.2) is 5.76 Å². The number of aromatic amines is 1. The molecule has 178 valence electrons. The van der Waals surface area contributed by atoms with Crippen molar-refractivity contribution in [3.8, 4) is 28.9 Å². The first kappa shape index (κ1) is 21.6. The molecule has 0 atom stereocenters. The molecule has 3 aromatic heterocycles. The summed E-state index contributed by atoms with van der Waals surface area (Å²) in [7, 11) is 0. The molecule has 1 aliphatic rings. The third-order valence-corrected chi connectivity index (χ3v) is 6.02. The number of nitrogens with zero attached hydrogens (tertiary/aromatic N) is 3. The zero-order chi connectivity index (χ0) is 24.6. The van der Waals surface area contributed by atoms with E-state index in [-0.39, 0.29) is 17.4 Å². The number of aryl methyl sites for hydroxylation is 1. The SMILES string of the molecule is CCc1cc(=O)[nH]c(-n2nc(-c3ccco3)cc2NC(=O)C2c3ccccc3Oc3ccccc32)n1. The van der Waals surface area contributed by atoms with Crippen LogP contribution < -0.4 is 15.6 Å². The van der Waals surface area contributed by atoms with Crippen LogP contribution in [0.5, 0.6) is 11.5 Å². The van der Waals surface area contributed by atoms with Crippen molar-refractivity contribution in [2.75, 3.05) is 5.32 Å². The molecular formula is C27H21N5O4. The molecule has 4 heterocycles. The van der Waals surface area contributed by atoms with E-state index >= 15 is 0 Å². The minimum Gasteiger partial charge on any atom is -0.463 e. The molecule has 0 aliphatic carbocycles. The van der Waals surface area contributed by atoms with Crippen LogP contribution in [0, 0.1) is 0 Å². The average molecular weight is 479 g/mol. The van der Waals surface area contributed by atoms with Crippen molar-refractivity contribution in [3.63, 3.8) is 0 Å². The third-order valence-electron chi connectivity index (χ3n) is 6.02. The number of nitrogens with one attached hydrogen (secondary N) is 2. The van der Waals surface area contributed by atoms with Crippen LogP contribution in [-0.2, 0) is 11.2 Å². The van der Waals surface area contributed by atoms with Crippen LogP contribution >= 0.6 is 0 Å². The molecule has 6 rings (SSSR count). The molecule has 1 aliphatic heterocycles. The van der Waals surface area contributed by atoms with E-state index in [1.54, 1.807) is 24.5 Å². The number of H-pyrrole nitrogens is 1. The Morgan fingerprint density at radius 2 is 1.75 bits per heavy atom. The summed E-state index contributed by atoms with van der Waals surface area (Å²) >= 11 is 0. The van der Waals surface area contributed by atoms with E-state index in [0.717, 1.165) is 11.1 Å². The lowest BCUT2D eigenvalue weighted by molar-refractivity contribution is -0.116. The highest BCUT2D eigenvalue weighted by atomic mass is 16.5. The zero-order valence-electron chi connectivity index (χ0n) is 19.3. The van der Waals surface area contributed by atoms with Crippen LogP contribution in [0.15, 0.2) is 88.3 Å². The molecular weight excluding hydrogens is 458 g/mol. The van der Waals surface area contributed by atoms with Gasteiger partial charge in [0.1, 0.15) is 23.0 Å². The van der Waals surface area contributed by atoms with Crippen molar-refractivity contribution in [3.05, 3.63) is 106 Å². The molecule has 9 nitrogen and oxygen atoms in total. The van der Waals surface area contributed by atoms with Crippen molar-refractivity contribution in [1.29, 1.82) is 0 Å². The summed E-state index contributed by atoms with van der Waals surface area (Å²) in [5.41, 5.74) is 2.29. The Labute approximate surface area is 205 Å². The average Bonchev–Trinajstić information content (AvgIpc) is 3.57. The molecule has 0 spiro atoms. The smallest absolute Gasteiger partial charge is 0.252 e. The number of hydrogen-bond acceptors (Lipinski definition) is 6. The molecule has 0 unspecified atom stereocenters. The summed E-state index contributed by atoms with van der Waals surface area (Å²) in [5.74, 6) is 1.41. The second kappa shape index (κ2) is 8.70. The van der Waals surface area contributed by atoms with E-state index in [9.17, 15) is 9.59 Å². The molecule has 9 heteroatoms. The highest BCUT2D eigenvalue weighted by molar-refractivity contribution is 5.99. The van der Waals surface area contributed by atoms with Gasteiger partial charge in [0.25, 0.3) is 5.56 Å². The van der Waals surface area contributed by atoms with Crippen LogP contribution in [0.3, 0.4) is 0 Å². The minimum atomic E-state index is -0.615. The van der Waals surface area contributed by atoms with E-state index < -0.39 is 5.92 Å². The number of anilines is 1. The van der Waals surface area contributed by atoms with Crippen LogP contribution in [-0.4, -0.2) is 25.7 Å². The normalized spacial score (nSPS) is 12.5. The lowest BCUT2D eigenvalue weighted by Gasteiger charge is -2.27. The Bertz CT molecular complexity index is 1590. The highest BCUT2D eigenvalue weighted by Gasteiger charge is 2.33. The number of fused-ring (bicyclic) bond motifs is 2. The van der Waals surface area contributed by atoms with E-state index in [4.69, 9.17) is 9.15 Å². The van der Waals surface area contributed by atoms with Crippen molar-refractivity contribution < 1.29 is 13.9 Å². The van der Waals surface area contributed by atoms with Crippen molar-refractivity contribution in [1.82, 2.24) is 19.7 Å². The second-order valence-electron chi connectivity index (χ2n) is 8.32. The van der Waals surface area contributed by atoms with Gasteiger partial charge in [-0.15, -0.1) is 0 Å². The predicted molar refractivity (Wildman–Crippen MR) is 132 cm³/mol. The van der Waals surface area contributed by atoms with Gasteiger partial charge in [0, 0.05) is 29.0 Å². The van der Waals surface area contributed by atoms with Gasteiger partial charge in [-0.3, -0.25) is 14.6 Å². The number of furan rings is 1. The Kier molecular flexibility index (Phi) is 5.22.